The molecule has 0 N–H and O–H groups in total. The standard InChI is InChI=1S/C34H32ClO4P/c1-36-26-12-18-29(19-13-26)40(30-20-14-27(37-2)15-21-30,31-22-16-28(38-3)17-23-31)33-7-5-4-6-32(33)34(39-40)24-8-10-25(35)11-9-24/h4-8,10,12-23,34H,9,11H2,1-3H3. The second kappa shape index (κ2) is 10.4. The molecule has 1 aliphatic heterocycles. The summed E-state index contributed by atoms with van der Waals surface area (Å²) in [6.07, 6.45) is 5.56. The summed E-state index contributed by atoms with van der Waals surface area (Å²) in [5.41, 5.74) is 2.40. The summed E-state index contributed by atoms with van der Waals surface area (Å²) < 4.78 is 24.6. The van der Waals surface area contributed by atoms with Gasteiger partial charge in [-0.1, -0.05) is 0 Å². The minimum atomic E-state index is -3.80. The van der Waals surface area contributed by atoms with Crippen molar-refractivity contribution in [2.24, 2.45) is 0 Å². The van der Waals surface area contributed by atoms with E-state index in [2.05, 4.69) is 66.7 Å². The Balaban J connectivity index is 1.76. The van der Waals surface area contributed by atoms with E-state index in [0.29, 0.717) is 0 Å². The molecule has 0 saturated carbocycles. The van der Waals surface area contributed by atoms with Crippen LogP contribution in [0.2, 0.25) is 0 Å². The first-order valence-corrected chi connectivity index (χ1v) is 15.9. The molecule has 4 nitrogen and oxygen atoms in total. The molecule has 204 valence electrons. The molecule has 0 saturated heterocycles. The Labute approximate surface area is 240 Å². The summed E-state index contributed by atoms with van der Waals surface area (Å²) in [5.74, 6) is 2.39. The van der Waals surface area contributed by atoms with Gasteiger partial charge in [0.25, 0.3) is 0 Å². The van der Waals surface area contributed by atoms with E-state index in [0.717, 1.165) is 51.0 Å². The molecule has 0 fully saturated rings. The summed E-state index contributed by atoms with van der Waals surface area (Å²) in [7, 11) is 5.07. The van der Waals surface area contributed by atoms with Gasteiger partial charge in [0.15, 0.2) is 0 Å². The van der Waals surface area contributed by atoms with E-state index in [1.54, 1.807) is 21.3 Å². The van der Waals surface area contributed by atoms with Crippen LogP contribution in [0.3, 0.4) is 0 Å². The molecule has 1 atom stereocenters. The van der Waals surface area contributed by atoms with Gasteiger partial charge in [-0.15, -0.1) is 0 Å². The fraction of sp³-hybridized carbons (Fsp3) is 0.176. The summed E-state index contributed by atoms with van der Waals surface area (Å²) in [6.45, 7) is -3.80. The molecule has 2 aliphatic rings. The predicted octanol–water partition coefficient (Wildman–Crippen LogP) is 6.70. The summed E-state index contributed by atoms with van der Waals surface area (Å²) >= 11 is 6.39. The number of allylic oxidation sites excluding steroid dienone is 3. The molecule has 6 heteroatoms. The summed E-state index contributed by atoms with van der Waals surface area (Å²) in [5, 5.41) is 5.36. The zero-order valence-corrected chi connectivity index (χ0v) is 24.5. The number of rotatable bonds is 7. The van der Waals surface area contributed by atoms with Crippen molar-refractivity contribution >= 4 is 39.6 Å². The normalized spacial score (nSPS) is 19.8. The topological polar surface area (TPSA) is 36.9 Å². The van der Waals surface area contributed by atoms with E-state index >= 15 is 0 Å². The first kappa shape index (κ1) is 26.7. The molecule has 4 aromatic rings. The first-order chi connectivity index (χ1) is 19.5. The molecule has 1 aliphatic carbocycles. The van der Waals surface area contributed by atoms with Crippen molar-refractivity contribution in [2.45, 2.75) is 18.9 Å². The maximum absolute atomic E-state index is 7.83. The Kier molecular flexibility index (Phi) is 6.96. The van der Waals surface area contributed by atoms with Crippen LogP contribution in [0, 0.1) is 0 Å². The number of fused-ring (bicyclic) bond motifs is 1. The van der Waals surface area contributed by atoms with Crippen molar-refractivity contribution in [3.05, 3.63) is 125 Å². The minimum absolute atomic E-state index is 0.235. The third-order valence-corrected chi connectivity index (χ3v) is 14.3. The molecule has 4 aromatic carbocycles. The van der Waals surface area contributed by atoms with Gasteiger partial charge in [0.1, 0.15) is 0 Å². The van der Waals surface area contributed by atoms with Crippen LogP contribution in [0.4, 0.5) is 0 Å². The second-order valence-electron chi connectivity index (χ2n) is 10.0. The fourth-order valence-electron chi connectivity index (χ4n) is 6.18. The Morgan fingerprint density at radius 1 is 0.625 bits per heavy atom. The third kappa shape index (κ3) is 3.89. The number of hydrogen-bond acceptors (Lipinski definition) is 4. The van der Waals surface area contributed by atoms with Crippen molar-refractivity contribution in [1.82, 2.24) is 0 Å². The van der Waals surface area contributed by atoms with E-state index in [1.165, 1.54) is 16.4 Å². The molecule has 0 aromatic heterocycles. The van der Waals surface area contributed by atoms with E-state index in [9.17, 15) is 0 Å². The molecule has 0 bridgehead atoms. The molecule has 0 amide bonds. The SMILES string of the molecule is COc1ccc(P2(c3ccc(OC)cc3)(c3ccc(OC)cc3)OC(C3=CC=C(Cl)CC3)c3ccccc32)cc1. The molecule has 40 heavy (non-hydrogen) atoms. The average molecular weight is 571 g/mol. The number of hydrogen-bond donors (Lipinski definition) is 0. The van der Waals surface area contributed by atoms with Gasteiger partial charge in [0, 0.05) is 0 Å². The Bertz CT molecular complexity index is 1470. The molecule has 1 heterocycles. The molecule has 6 rings (SSSR count). The molecule has 1 unspecified atom stereocenters. The number of ether oxygens (including phenoxy) is 3. The third-order valence-electron chi connectivity index (χ3n) is 8.16. The Hall–Kier alpha value is -3.56. The van der Waals surface area contributed by atoms with Gasteiger partial charge in [-0.3, -0.25) is 0 Å². The quantitative estimate of drug-likeness (QED) is 0.232. The van der Waals surface area contributed by atoms with Gasteiger partial charge >= 0.3 is 241 Å². The van der Waals surface area contributed by atoms with Crippen molar-refractivity contribution in [3.8, 4) is 17.2 Å². The molecule has 0 radical (unpaired) electrons. The van der Waals surface area contributed by atoms with E-state index in [4.69, 9.17) is 30.3 Å². The van der Waals surface area contributed by atoms with Crippen LogP contribution in [0.25, 0.3) is 0 Å². The van der Waals surface area contributed by atoms with Gasteiger partial charge in [-0.25, -0.2) is 0 Å². The first-order valence-electron chi connectivity index (χ1n) is 13.3. The van der Waals surface area contributed by atoms with E-state index < -0.39 is 6.83 Å². The van der Waals surface area contributed by atoms with Crippen LogP contribution >= 0.6 is 18.4 Å². The van der Waals surface area contributed by atoms with Crippen LogP contribution in [0.1, 0.15) is 24.5 Å². The average Bonchev–Trinajstić information content (AvgIpc) is 3.35. The zero-order chi connectivity index (χ0) is 27.8. The number of benzene rings is 4. The number of halogens is 1. The van der Waals surface area contributed by atoms with E-state index in [-0.39, 0.29) is 6.10 Å². The fourth-order valence-corrected chi connectivity index (χ4v) is 12.4. The van der Waals surface area contributed by atoms with Crippen LogP contribution in [0.15, 0.2) is 120 Å². The monoisotopic (exact) mass is 570 g/mol. The van der Waals surface area contributed by atoms with Gasteiger partial charge in [0.2, 0.25) is 0 Å². The van der Waals surface area contributed by atoms with Crippen LogP contribution in [0.5, 0.6) is 17.2 Å². The van der Waals surface area contributed by atoms with Crippen LogP contribution in [-0.2, 0) is 4.52 Å². The molecular weight excluding hydrogens is 539 g/mol. The second-order valence-corrected chi connectivity index (χ2v) is 14.8. The van der Waals surface area contributed by atoms with Crippen LogP contribution in [-0.4, -0.2) is 21.3 Å². The van der Waals surface area contributed by atoms with Crippen LogP contribution < -0.4 is 35.4 Å². The van der Waals surface area contributed by atoms with Crippen molar-refractivity contribution < 1.29 is 18.7 Å². The van der Waals surface area contributed by atoms with E-state index in [1.807, 2.05) is 42.5 Å². The van der Waals surface area contributed by atoms with Gasteiger partial charge in [-0.05, 0) is 0 Å². The van der Waals surface area contributed by atoms with Gasteiger partial charge in [-0.2, -0.15) is 0 Å². The van der Waals surface area contributed by atoms with Crippen molar-refractivity contribution in [3.63, 3.8) is 0 Å². The maximum atomic E-state index is 7.83. The van der Waals surface area contributed by atoms with Crippen molar-refractivity contribution in [1.29, 1.82) is 0 Å². The zero-order valence-electron chi connectivity index (χ0n) is 22.8. The summed E-state index contributed by atoms with van der Waals surface area (Å²) in [4.78, 5) is 0. The predicted molar refractivity (Wildman–Crippen MR) is 166 cm³/mol. The molecular formula is C34H32ClO4P. The Morgan fingerprint density at radius 3 is 1.52 bits per heavy atom. The van der Waals surface area contributed by atoms with Gasteiger partial charge in [0.05, 0.1) is 0 Å². The number of methoxy groups -OCH3 is 3. The summed E-state index contributed by atoms with van der Waals surface area (Å²) in [6, 6.07) is 33.8. The van der Waals surface area contributed by atoms with Gasteiger partial charge < -0.3 is 0 Å². The molecule has 0 spiro atoms. The Morgan fingerprint density at radius 2 is 1.10 bits per heavy atom. The van der Waals surface area contributed by atoms with Crippen molar-refractivity contribution in [2.75, 3.05) is 21.3 Å².